The minimum atomic E-state index is -4.44. The van der Waals surface area contributed by atoms with Gasteiger partial charge in [-0.15, -0.1) is 0 Å². The van der Waals surface area contributed by atoms with Gasteiger partial charge < -0.3 is 15.1 Å². The highest BCUT2D eigenvalue weighted by Crippen LogP contribution is 2.29. The predicted molar refractivity (Wildman–Crippen MR) is 78.9 cm³/mol. The molecule has 1 aromatic heterocycles. The highest BCUT2D eigenvalue weighted by molar-refractivity contribution is 5.97. The van der Waals surface area contributed by atoms with E-state index >= 15 is 0 Å². The molecule has 1 atom stereocenters. The van der Waals surface area contributed by atoms with E-state index in [1.54, 1.807) is 0 Å². The average molecular weight is 340 g/mol. The Balaban J connectivity index is 1.89. The smallest absolute Gasteiger partial charge is 0.416 e. The van der Waals surface area contributed by atoms with E-state index in [1.807, 2.05) is 0 Å². The minimum absolute atomic E-state index is 0.0747. The van der Waals surface area contributed by atoms with E-state index in [0.29, 0.717) is 5.56 Å². The van der Waals surface area contributed by atoms with E-state index in [4.69, 9.17) is 4.42 Å². The molecule has 24 heavy (non-hydrogen) atoms. The highest BCUT2D eigenvalue weighted by atomic mass is 19.4. The molecule has 0 aliphatic rings. The van der Waals surface area contributed by atoms with Crippen molar-refractivity contribution in [2.45, 2.75) is 25.7 Å². The van der Waals surface area contributed by atoms with Crippen molar-refractivity contribution in [2.75, 3.05) is 0 Å². The number of hydrogen-bond acceptors (Lipinski definition) is 3. The Morgan fingerprint density at radius 1 is 1.25 bits per heavy atom. The topological polar surface area (TPSA) is 71.3 Å². The van der Waals surface area contributed by atoms with Crippen molar-refractivity contribution in [1.82, 2.24) is 10.6 Å². The van der Waals surface area contributed by atoms with Crippen molar-refractivity contribution in [3.8, 4) is 0 Å². The summed E-state index contributed by atoms with van der Waals surface area (Å²) in [6.07, 6.45) is -1.87. The molecule has 0 aliphatic carbocycles. The Labute approximate surface area is 135 Å². The third-order valence-corrected chi connectivity index (χ3v) is 3.25. The van der Waals surface area contributed by atoms with Gasteiger partial charge in [0.05, 0.1) is 17.4 Å². The number of benzene rings is 1. The second-order valence-corrected chi connectivity index (χ2v) is 5.12. The van der Waals surface area contributed by atoms with Crippen molar-refractivity contribution in [3.63, 3.8) is 0 Å². The Morgan fingerprint density at radius 3 is 2.62 bits per heavy atom. The molecule has 0 saturated heterocycles. The zero-order valence-electron chi connectivity index (χ0n) is 12.7. The van der Waals surface area contributed by atoms with Gasteiger partial charge in [-0.25, -0.2) is 0 Å². The maximum atomic E-state index is 12.6. The first-order chi connectivity index (χ1) is 11.3. The zero-order valence-corrected chi connectivity index (χ0v) is 12.7. The van der Waals surface area contributed by atoms with Gasteiger partial charge in [-0.3, -0.25) is 9.59 Å². The van der Waals surface area contributed by atoms with Crippen LogP contribution in [-0.2, 0) is 17.5 Å². The molecule has 1 unspecified atom stereocenters. The molecule has 0 aliphatic heterocycles. The predicted octanol–water partition coefficient (Wildman–Crippen LogP) is 2.73. The van der Waals surface area contributed by atoms with Gasteiger partial charge in [-0.2, -0.15) is 13.2 Å². The second-order valence-electron chi connectivity index (χ2n) is 5.12. The fourth-order valence-corrected chi connectivity index (χ4v) is 1.94. The summed E-state index contributed by atoms with van der Waals surface area (Å²) < 4.78 is 42.7. The molecule has 0 fully saturated rings. The number of furan rings is 1. The third kappa shape index (κ3) is 4.61. The molecule has 0 bridgehead atoms. The van der Waals surface area contributed by atoms with Gasteiger partial charge in [0.25, 0.3) is 5.91 Å². The minimum Gasteiger partial charge on any atom is -0.472 e. The number of carbonyl (C=O) groups excluding carboxylic acids is 2. The summed E-state index contributed by atoms with van der Waals surface area (Å²) in [5.41, 5.74) is -0.199. The first-order valence-corrected chi connectivity index (χ1v) is 7.04. The number of hydrogen-bond donors (Lipinski definition) is 2. The molecule has 0 radical (unpaired) electrons. The van der Waals surface area contributed by atoms with Gasteiger partial charge in [-0.1, -0.05) is 12.1 Å². The van der Waals surface area contributed by atoms with E-state index in [-0.39, 0.29) is 12.1 Å². The highest BCUT2D eigenvalue weighted by Gasteiger charge is 2.30. The standard InChI is InChI=1S/C16H15F3N2O3/c1-10(21-15(23)12-5-6-24-9-12)14(22)20-8-11-3-2-4-13(7-11)16(17,18)19/h2-7,9-10H,8H2,1H3,(H,20,22)(H,21,23). The van der Waals surface area contributed by atoms with Gasteiger partial charge in [0, 0.05) is 6.54 Å². The van der Waals surface area contributed by atoms with Crippen LogP contribution in [0.4, 0.5) is 13.2 Å². The molecule has 2 aromatic rings. The molecule has 2 amide bonds. The van der Waals surface area contributed by atoms with Gasteiger partial charge in [0.2, 0.25) is 5.91 Å². The first kappa shape index (κ1) is 17.6. The van der Waals surface area contributed by atoms with Crippen molar-refractivity contribution in [1.29, 1.82) is 0 Å². The molecule has 2 rings (SSSR count). The first-order valence-electron chi connectivity index (χ1n) is 7.04. The fraction of sp³-hybridized carbons (Fsp3) is 0.250. The van der Waals surface area contributed by atoms with Crippen LogP contribution in [0, 0.1) is 0 Å². The lowest BCUT2D eigenvalue weighted by molar-refractivity contribution is -0.137. The van der Waals surface area contributed by atoms with Crippen molar-refractivity contribution in [3.05, 3.63) is 59.5 Å². The molecule has 0 spiro atoms. The van der Waals surface area contributed by atoms with Crippen LogP contribution in [0.1, 0.15) is 28.4 Å². The Hall–Kier alpha value is -2.77. The number of alkyl halides is 3. The lowest BCUT2D eigenvalue weighted by atomic mass is 10.1. The molecule has 1 heterocycles. The van der Waals surface area contributed by atoms with Crippen LogP contribution in [-0.4, -0.2) is 17.9 Å². The molecule has 5 nitrogen and oxygen atoms in total. The lowest BCUT2D eigenvalue weighted by Gasteiger charge is -2.14. The molecule has 0 saturated carbocycles. The molecule has 2 N–H and O–H groups in total. The van der Waals surface area contributed by atoms with E-state index < -0.39 is 29.6 Å². The number of nitrogens with one attached hydrogen (secondary N) is 2. The maximum Gasteiger partial charge on any atom is 0.416 e. The summed E-state index contributed by atoms with van der Waals surface area (Å²) >= 11 is 0. The van der Waals surface area contributed by atoms with Gasteiger partial charge in [0.15, 0.2) is 0 Å². The summed E-state index contributed by atoms with van der Waals surface area (Å²) in [6.45, 7) is 1.40. The van der Waals surface area contributed by atoms with Crippen LogP contribution in [0.5, 0.6) is 0 Å². The van der Waals surface area contributed by atoms with Crippen molar-refractivity contribution < 1.29 is 27.2 Å². The van der Waals surface area contributed by atoms with E-state index in [1.165, 1.54) is 37.6 Å². The van der Waals surface area contributed by atoms with E-state index in [0.717, 1.165) is 12.1 Å². The monoisotopic (exact) mass is 340 g/mol. The van der Waals surface area contributed by atoms with Gasteiger partial charge in [-0.05, 0) is 30.7 Å². The van der Waals surface area contributed by atoms with Crippen molar-refractivity contribution >= 4 is 11.8 Å². The van der Waals surface area contributed by atoms with Crippen LogP contribution >= 0.6 is 0 Å². The van der Waals surface area contributed by atoms with Crippen molar-refractivity contribution in [2.24, 2.45) is 0 Å². The number of rotatable bonds is 5. The molecular formula is C16H15F3N2O3. The maximum absolute atomic E-state index is 12.6. The average Bonchev–Trinajstić information content (AvgIpc) is 3.06. The lowest BCUT2D eigenvalue weighted by Crippen LogP contribution is -2.44. The van der Waals surface area contributed by atoms with Crippen LogP contribution in [0.25, 0.3) is 0 Å². The molecule has 8 heteroatoms. The molecular weight excluding hydrogens is 325 g/mol. The summed E-state index contributed by atoms with van der Waals surface area (Å²) in [7, 11) is 0. The van der Waals surface area contributed by atoms with E-state index in [2.05, 4.69) is 10.6 Å². The molecule has 1 aromatic carbocycles. The Morgan fingerprint density at radius 2 is 2.00 bits per heavy atom. The van der Waals surface area contributed by atoms with Crippen LogP contribution in [0.15, 0.2) is 47.3 Å². The van der Waals surface area contributed by atoms with E-state index in [9.17, 15) is 22.8 Å². The van der Waals surface area contributed by atoms with Gasteiger partial charge in [0.1, 0.15) is 12.3 Å². The largest absolute Gasteiger partial charge is 0.472 e. The number of halogens is 3. The Bertz CT molecular complexity index is 712. The summed E-state index contributed by atoms with van der Waals surface area (Å²) in [5, 5.41) is 4.95. The number of amides is 2. The third-order valence-electron chi connectivity index (χ3n) is 3.25. The summed E-state index contributed by atoms with van der Waals surface area (Å²) in [6, 6.07) is 5.27. The second kappa shape index (κ2) is 7.20. The normalized spacial score (nSPS) is 12.5. The van der Waals surface area contributed by atoms with Gasteiger partial charge >= 0.3 is 6.18 Å². The quantitative estimate of drug-likeness (QED) is 0.879. The SMILES string of the molecule is CC(NC(=O)c1ccoc1)C(=O)NCc1cccc(C(F)(F)F)c1. The summed E-state index contributed by atoms with van der Waals surface area (Å²) in [5.74, 6) is -0.991. The molecule has 128 valence electrons. The zero-order chi connectivity index (χ0) is 17.7. The number of carbonyl (C=O) groups is 2. The van der Waals surface area contributed by atoms with Crippen LogP contribution in [0.2, 0.25) is 0 Å². The summed E-state index contributed by atoms with van der Waals surface area (Å²) in [4.78, 5) is 23.7. The van der Waals surface area contributed by atoms with Crippen LogP contribution in [0.3, 0.4) is 0 Å². The fourth-order valence-electron chi connectivity index (χ4n) is 1.94. The van der Waals surface area contributed by atoms with Crippen LogP contribution < -0.4 is 10.6 Å². The Kier molecular flexibility index (Phi) is 5.28.